The molecule has 0 fully saturated rings. The highest BCUT2D eigenvalue weighted by molar-refractivity contribution is 5.70. The Hall–Kier alpha value is -1.39. The number of hydrogen-bond donors (Lipinski definition) is 1. The van der Waals surface area contributed by atoms with Crippen molar-refractivity contribution in [2.45, 2.75) is 26.7 Å². The quantitative estimate of drug-likeness (QED) is 0.792. The number of carbonyl (C=O) groups is 1. The molecular weight excluding hydrogens is 194 g/mol. The summed E-state index contributed by atoms with van der Waals surface area (Å²) in [7, 11) is 1.77. The molecule has 84 valence electrons. The zero-order chi connectivity index (χ0) is 11.4. The molecule has 0 saturated carbocycles. The number of hydrogen-bond acceptors (Lipinski definition) is 3. The van der Waals surface area contributed by atoms with Crippen LogP contribution in [0.25, 0.3) is 0 Å². The lowest BCUT2D eigenvalue weighted by Gasteiger charge is -2.13. The van der Waals surface area contributed by atoms with Crippen molar-refractivity contribution in [3.63, 3.8) is 0 Å². The lowest BCUT2D eigenvalue weighted by Crippen LogP contribution is -2.20. The molecule has 15 heavy (non-hydrogen) atoms. The third-order valence-electron chi connectivity index (χ3n) is 2.34. The first-order valence-electron chi connectivity index (χ1n) is 5.06. The van der Waals surface area contributed by atoms with Crippen LogP contribution in [0.4, 0.5) is 0 Å². The third-order valence-corrected chi connectivity index (χ3v) is 2.34. The van der Waals surface area contributed by atoms with E-state index in [2.05, 4.69) is 10.1 Å². The van der Waals surface area contributed by atoms with Crippen molar-refractivity contribution in [1.82, 2.24) is 14.8 Å². The highest BCUT2D eigenvalue weighted by Crippen LogP contribution is 2.16. The first-order valence-corrected chi connectivity index (χ1v) is 5.06. The van der Waals surface area contributed by atoms with Crippen LogP contribution < -0.4 is 0 Å². The van der Waals surface area contributed by atoms with Gasteiger partial charge in [0.2, 0.25) is 0 Å². The molecule has 1 atom stereocenters. The Labute approximate surface area is 89.1 Å². The summed E-state index contributed by atoms with van der Waals surface area (Å²) in [6.07, 6.45) is 2.57. The minimum atomic E-state index is -0.758. The van der Waals surface area contributed by atoms with Gasteiger partial charge in [-0.2, -0.15) is 5.10 Å². The van der Waals surface area contributed by atoms with Crippen LogP contribution in [0, 0.1) is 11.8 Å². The molecule has 0 aliphatic heterocycles. The smallest absolute Gasteiger partial charge is 0.306 e. The zero-order valence-corrected chi connectivity index (χ0v) is 9.34. The van der Waals surface area contributed by atoms with Crippen molar-refractivity contribution in [2.75, 3.05) is 0 Å². The van der Waals surface area contributed by atoms with Gasteiger partial charge in [-0.25, -0.2) is 4.98 Å². The second-order valence-corrected chi connectivity index (χ2v) is 4.17. The van der Waals surface area contributed by atoms with Crippen LogP contribution >= 0.6 is 0 Å². The van der Waals surface area contributed by atoms with Gasteiger partial charge in [-0.05, 0) is 12.3 Å². The van der Waals surface area contributed by atoms with Gasteiger partial charge in [0, 0.05) is 13.5 Å². The van der Waals surface area contributed by atoms with Crippen LogP contribution in [-0.4, -0.2) is 25.8 Å². The number of aromatic nitrogens is 3. The van der Waals surface area contributed by atoms with Gasteiger partial charge in [-0.3, -0.25) is 9.48 Å². The van der Waals surface area contributed by atoms with E-state index in [0.717, 1.165) is 5.82 Å². The summed E-state index contributed by atoms with van der Waals surface area (Å²) in [4.78, 5) is 15.0. The van der Waals surface area contributed by atoms with Crippen molar-refractivity contribution < 1.29 is 9.90 Å². The topological polar surface area (TPSA) is 68.0 Å². The van der Waals surface area contributed by atoms with Crippen molar-refractivity contribution in [2.24, 2.45) is 18.9 Å². The fraction of sp³-hybridized carbons (Fsp3) is 0.700. The van der Waals surface area contributed by atoms with E-state index in [1.807, 2.05) is 13.8 Å². The third kappa shape index (κ3) is 3.34. The highest BCUT2D eigenvalue weighted by atomic mass is 16.4. The lowest BCUT2D eigenvalue weighted by molar-refractivity contribution is -0.142. The average Bonchev–Trinajstić information content (AvgIpc) is 2.50. The molecule has 5 heteroatoms. The average molecular weight is 211 g/mol. The maximum absolute atomic E-state index is 11.0. The van der Waals surface area contributed by atoms with E-state index in [1.165, 1.54) is 6.33 Å². The fourth-order valence-corrected chi connectivity index (χ4v) is 1.57. The molecule has 5 nitrogen and oxygen atoms in total. The van der Waals surface area contributed by atoms with Gasteiger partial charge >= 0.3 is 5.97 Å². The predicted octanol–water partition coefficient (Wildman–Crippen LogP) is 1.10. The summed E-state index contributed by atoms with van der Waals surface area (Å²) in [6, 6.07) is 0. The first-order chi connectivity index (χ1) is 7.00. The van der Waals surface area contributed by atoms with Gasteiger partial charge in [-0.1, -0.05) is 13.8 Å². The van der Waals surface area contributed by atoms with Crippen molar-refractivity contribution in [1.29, 1.82) is 0 Å². The molecule has 1 rings (SSSR count). The Morgan fingerprint density at radius 3 is 2.67 bits per heavy atom. The van der Waals surface area contributed by atoms with Crippen molar-refractivity contribution in [3.05, 3.63) is 12.2 Å². The summed E-state index contributed by atoms with van der Waals surface area (Å²) in [6.45, 7) is 4.04. The Morgan fingerprint density at radius 1 is 1.60 bits per heavy atom. The van der Waals surface area contributed by atoms with Gasteiger partial charge in [0.05, 0.1) is 5.92 Å². The molecule has 1 aromatic rings. The summed E-state index contributed by atoms with van der Waals surface area (Å²) in [5.41, 5.74) is 0. The number of carboxylic acids is 1. The molecule has 1 unspecified atom stereocenters. The van der Waals surface area contributed by atoms with Gasteiger partial charge in [0.15, 0.2) is 0 Å². The Morgan fingerprint density at radius 2 is 2.27 bits per heavy atom. The van der Waals surface area contributed by atoms with Crippen molar-refractivity contribution >= 4 is 5.97 Å². The second-order valence-electron chi connectivity index (χ2n) is 4.17. The molecule has 0 radical (unpaired) electrons. The predicted molar refractivity (Wildman–Crippen MR) is 55.3 cm³/mol. The number of nitrogens with zero attached hydrogens (tertiary/aromatic N) is 3. The number of aryl methyl sites for hydroxylation is 1. The highest BCUT2D eigenvalue weighted by Gasteiger charge is 2.21. The van der Waals surface area contributed by atoms with E-state index in [0.29, 0.717) is 18.8 Å². The van der Waals surface area contributed by atoms with E-state index < -0.39 is 5.97 Å². The Kier molecular flexibility index (Phi) is 3.82. The van der Waals surface area contributed by atoms with Gasteiger partial charge in [0.1, 0.15) is 12.2 Å². The van der Waals surface area contributed by atoms with Crippen LogP contribution in [-0.2, 0) is 18.3 Å². The normalized spacial score (nSPS) is 13.1. The summed E-state index contributed by atoms with van der Waals surface area (Å²) < 4.78 is 1.62. The largest absolute Gasteiger partial charge is 0.481 e. The van der Waals surface area contributed by atoms with E-state index in [9.17, 15) is 4.79 Å². The van der Waals surface area contributed by atoms with Crippen LogP contribution in [0.3, 0.4) is 0 Å². The summed E-state index contributed by atoms with van der Waals surface area (Å²) in [5.74, 6) is -0.0259. The fourth-order valence-electron chi connectivity index (χ4n) is 1.57. The van der Waals surface area contributed by atoms with Crippen molar-refractivity contribution in [3.8, 4) is 0 Å². The SMILES string of the molecule is CC(C)CC(Cc1ncnn1C)C(=O)O. The number of rotatable bonds is 5. The summed E-state index contributed by atoms with van der Waals surface area (Å²) >= 11 is 0. The van der Waals surface area contributed by atoms with Crippen LogP contribution in [0.15, 0.2) is 6.33 Å². The first kappa shape index (κ1) is 11.7. The van der Waals surface area contributed by atoms with Gasteiger partial charge < -0.3 is 5.11 Å². The Bertz CT molecular complexity index is 333. The minimum Gasteiger partial charge on any atom is -0.481 e. The second kappa shape index (κ2) is 4.91. The molecule has 0 saturated heterocycles. The minimum absolute atomic E-state index is 0.368. The van der Waals surface area contributed by atoms with E-state index in [1.54, 1.807) is 11.7 Å². The maximum Gasteiger partial charge on any atom is 0.306 e. The molecule has 0 aromatic carbocycles. The van der Waals surface area contributed by atoms with Gasteiger partial charge in [0.25, 0.3) is 0 Å². The molecule has 1 N–H and O–H groups in total. The zero-order valence-electron chi connectivity index (χ0n) is 9.34. The maximum atomic E-state index is 11.0. The number of carboxylic acid groups (broad SMARTS) is 1. The standard InChI is InChI=1S/C10H17N3O2/c1-7(2)4-8(10(14)15)5-9-11-6-12-13(9)3/h6-8H,4-5H2,1-3H3,(H,14,15). The molecule has 0 amide bonds. The monoisotopic (exact) mass is 211 g/mol. The molecule has 0 aliphatic rings. The molecular formula is C10H17N3O2. The van der Waals surface area contributed by atoms with E-state index in [-0.39, 0.29) is 5.92 Å². The lowest BCUT2D eigenvalue weighted by atomic mass is 9.94. The molecule has 1 heterocycles. The molecule has 0 aliphatic carbocycles. The molecule has 0 bridgehead atoms. The Balaban J connectivity index is 2.67. The van der Waals surface area contributed by atoms with Crippen LogP contribution in [0.1, 0.15) is 26.1 Å². The van der Waals surface area contributed by atoms with Gasteiger partial charge in [-0.15, -0.1) is 0 Å². The molecule has 1 aromatic heterocycles. The molecule has 0 spiro atoms. The van der Waals surface area contributed by atoms with Crippen LogP contribution in [0.2, 0.25) is 0 Å². The van der Waals surface area contributed by atoms with E-state index in [4.69, 9.17) is 5.11 Å². The summed E-state index contributed by atoms with van der Waals surface area (Å²) in [5, 5.41) is 13.0. The number of aliphatic carboxylic acids is 1. The van der Waals surface area contributed by atoms with E-state index >= 15 is 0 Å². The van der Waals surface area contributed by atoms with Crippen LogP contribution in [0.5, 0.6) is 0 Å².